The first-order chi connectivity index (χ1) is 8.08. The smallest absolute Gasteiger partial charge is 0.358 e. The lowest BCUT2D eigenvalue weighted by Gasteiger charge is -2.02. The van der Waals surface area contributed by atoms with Gasteiger partial charge in [-0.2, -0.15) is 0 Å². The van der Waals surface area contributed by atoms with Crippen LogP contribution in [-0.2, 0) is 6.54 Å². The van der Waals surface area contributed by atoms with Crippen LogP contribution in [0, 0.1) is 11.6 Å². The maximum Gasteiger partial charge on any atom is 0.358 e. The van der Waals surface area contributed by atoms with Crippen molar-refractivity contribution in [3.05, 3.63) is 47.3 Å². The van der Waals surface area contributed by atoms with Crippen LogP contribution in [0.3, 0.4) is 0 Å². The van der Waals surface area contributed by atoms with Gasteiger partial charge in [0, 0.05) is 5.56 Å². The van der Waals surface area contributed by atoms with E-state index in [1.807, 2.05) is 0 Å². The van der Waals surface area contributed by atoms with Gasteiger partial charge in [0.05, 0.1) is 12.7 Å². The molecule has 0 aliphatic rings. The summed E-state index contributed by atoms with van der Waals surface area (Å²) >= 11 is 0. The van der Waals surface area contributed by atoms with Crippen LogP contribution in [0.15, 0.2) is 24.4 Å². The van der Waals surface area contributed by atoms with Crippen molar-refractivity contribution in [2.75, 3.05) is 0 Å². The summed E-state index contributed by atoms with van der Waals surface area (Å²) in [4.78, 5) is 10.5. The summed E-state index contributed by atoms with van der Waals surface area (Å²) in [6.45, 7) is -0.0795. The highest BCUT2D eigenvalue weighted by atomic mass is 19.2. The summed E-state index contributed by atoms with van der Waals surface area (Å²) in [7, 11) is 0. The Kier molecular flexibility index (Phi) is 2.82. The standard InChI is InChI=1S/C10H7F2N3O2/c11-7-3-1-2-6(9(7)12)4-15-5-8(10(16)17)13-14-15/h1-3,5H,4H2,(H,16,17). The molecule has 1 heterocycles. The third-order valence-electron chi connectivity index (χ3n) is 2.12. The van der Waals surface area contributed by atoms with Crippen LogP contribution in [-0.4, -0.2) is 26.1 Å². The lowest BCUT2D eigenvalue weighted by molar-refractivity contribution is 0.0690. The van der Waals surface area contributed by atoms with E-state index in [2.05, 4.69) is 10.3 Å². The molecule has 0 amide bonds. The first kappa shape index (κ1) is 11.2. The Balaban J connectivity index is 2.25. The Bertz CT molecular complexity index is 568. The number of hydrogen-bond acceptors (Lipinski definition) is 3. The molecule has 2 aromatic rings. The molecule has 0 unspecified atom stereocenters. The highest BCUT2D eigenvalue weighted by Gasteiger charge is 2.11. The molecule has 1 aromatic heterocycles. The number of aromatic carboxylic acids is 1. The lowest BCUT2D eigenvalue weighted by atomic mass is 10.2. The SMILES string of the molecule is O=C(O)c1cn(Cc2cccc(F)c2F)nn1. The van der Waals surface area contributed by atoms with Crippen LogP contribution in [0.5, 0.6) is 0 Å². The highest BCUT2D eigenvalue weighted by Crippen LogP contribution is 2.12. The molecule has 17 heavy (non-hydrogen) atoms. The fraction of sp³-hybridized carbons (Fsp3) is 0.100. The average molecular weight is 239 g/mol. The van der Waals surface area contributed by atoms with Gasteiger partial charge < -0.3 is 5.11 Å². The molecule has 0 aliphatic carbocycles. The minimum absolute atomic E-state index is 0.0758. The Morgan fingerprint density at radius 2 is 2.18 bits per heavy atom. The fourth-order valence-corrected chi connectivity index (χ4v) is 1.32. The minimum Gasteiger partial charge on any atom is -0.476 e. The van der Waals surface area contributed by atoms with Gasteiger partial charge in [-0.05, 0) is 6.07 Å². The van der Waals surface area contributed by atoms with Crippen molar-refractivity contribution in [2.45, 2.75) is 6.54 Å². The molecule has 88 valence electrons. The predicted molar refractivity (Wildman–Crippen MR) is 52.4 cm³/mol. The van der Waals surface area contributed by atoms with Gasteiger partial charge in [-0.25, -0.2) is 18.3 Å². The van der Waals surface area contributed by atoms with Crippen LogP contribution in [0.25, 0.3) is 0 Å². The summed E-state index contributed by atoms with van der Waals surface area (Å²) in [6.07, 6.45) is 1.15. The van der Waals surface area contributed by atoms with Gasteiger partial charge >= 0.3 is 5.97 Å². The van der Waals surface area contributed by atoms with Gasteiger partial charge in [0.25, 0.3) is 0 Å². The number of carboxylic acids is 1. The molecule has 1 N–H and O–H groups in total. The molecular weight excluding hydrogens is 232 g/mol. The topological polar surface area (TPSA) is 68.0 Å². The van der Waals surface area contributed by atoms with Gasteiger partial charge in [0.2, 0.25) is 0 Å². The number of benzene rings is 1. The first-order valence-corrected chi connectivity index (χ1v) is 4.64. The maximum absolute atomic E-state index is 13.3. The molecule has 0 fully saturated rings. The van der Waals surface area contributed by atoms with Crippen LogP contribution in [0.2, 0.25) is 0 Å². The summed E-state index contributed by atoms with van der Waals surface area (Å²) < 4.78 is 27.3. The quantitative estimate of drug-likeness (QED) is 0.876. The first-order valence-electron chi connectivity index (χ1n) is 4.64. The normalized spacial score (nSPS) is 10.5. The zero-order valence-corrected chi connectivity index (χ0v) is 8.47. The van der Waals surface area contributed by atoms with E-state index in [1.165, 1.54) is 12.1 Å². The maximum atomic E-state index is 13.3. The van der Waals surface area contributed by atoms with E-state index in [1.54, 1.807) is 0 Å². The number of rotatable bonds is 3. The predicted octanol–water partition coefficient (Wildman–Crippen LogP) is 1.30. The molecule has 0 saturated carbocycles. The Morgan fingerprint density at radius 1 is 1.41 bits per heavy atom. The van der Waals surface area contributed by atoms with Crippen molar-refractivity contribution >= 4 is 5.97 Å². The van der Waals surface area contributed by atoms with Crippen LogP contribution in [0.4, 0.5) is 8.78 Å². The summed E-state index contributed by atoms with van der Waals surface area (Å²) in [5.74, 6) is -3.16. The van der Waals surface area contributed by atoms with Gasteiger partial charge in [-0.3, -0.25) is 0 Å². The van der Waals surface area contributed by atoms with Crippen molar-refractivity contribution in [3.63, 3.8) is 0 Å². The average Bonchev–Trinajstić information content (AvgIpc) is 2.73. The number of aromatic nitrogens is 3. The fourth-order valence-electron chi connectivity index (χ4n) is 1.32. The van der Waals surface area contributed by atoms with E-state index >= 15 is 0 Å². The summed E-state index contributed by atoms with van der Waals surface area (Å²) in [5.41, 5.74) is -0.173. The van der Waals surface area contributed by atoms with E-state index in [-0.39, 0.29) is 17.8 Å². The second-order valence-electron chi connectivity index (χ2n) is 3.32. The molecule has 0 saturated heterocycles. The zero-order valence-electron chi connectivity index (χ0n) is 8.47. The third kappa shape index (κ3) is 2.27. The number of carbonyl (C=O) groups is 1. The van der Waals surface area contributed by atoms with Gasteiger partial charge in [-0.1, -0.05) is 17.3 Å². The third-order valence-corrected chi connectivity index (χ3v) is 2.12. The second-order valence-corrected chi connectivity index (χ2v) is 3.32. The molecule has 0 atom stereocenters. The Morgan fingerprint density at radius 3 is 2.82 bits per heavy atom. The monoisotopic (exact) mass is 239 g/mol. The second kappa shape index (κ2) is 4.28. The van der Waals surface area contributed by atoms with Crippen LogP contribution >= 0.6 is 0 Å². The summed E-state index contributed by atoms with van der Waals surface area (Å²) in [5, 5.41) is 15.5. The summed E-state index contributed by atoms with van der Waals surface area (Å²) in [6, 6.07) is 3.76. The van der Waals surface area contributed by atoms with E-state index in [4.69, 9.17) is 5.11 Å². The van der Waals surface area contributed by atoms with E-state index in [9.17, 15) is 13.6 Å². The number of carboxylic acid groups (broad SMARTS) is 1. The van der Waals surface area contributed by atoms with Gasteiger partial charge in [-0.15, -0.1) is 5.10 Å². The number of halogens is 2. The Labute approximate surface area is 94.3 Å². The van der Waals surface area contributed by atoms with Crippen molar-refractivity contribution in [1.29, 1.82) is 0 Å². The minimum atomic E-state index is -1.23. The van der Waals surface area contributed by atoms with E-state index in [0.29, 0.717) is 0 Å². The lowest BCUT2D eigenvalue weighted by Crippen LogP contribution is -2.04. The molecule has 2 rings (SSSR count). The molecule has 0 spiro atoms. The van der Waals surface area contributed by atoms with Crippen LogP contribution < -0.4 is 0 Å². The van der Waals surface area contributed by atoms with Crippen molar-refractivity contribution in [2.24, 2.45) is 0 Å². The van der Waals surface area contributed by atoms with Crippen molar-refractivity contribution < 1.29 is 18.7 Å². The largest absolute Gasteiger partial charge is 0.476 e. The van der Waals surface area contributed by atoms with Crippen molar-refractivity contribution in [1.82, 2.24) is 15.0 Å². The molecule has 0 aliphatic heterocycles. The molecule has 7 heteroatoms. The van der Waals surface area contributed by atoms with Gasteiger partial charge in [0.1, 0.15) is 0 Å². The van der Waals surface area contributed by atoms with Gasteiger partial charge in [0.15, 0.2) is 17.3 Å². The Hall–Kier alpha value is -2.31. The van der Waals surface area contributed by atoms with Crippen molar-refractivity contribution in [3.8, 4) is 0 Å². The molecule has 0 radical (unpaired) electrons. The molecular formula is C10H7F2N3O2. The zero-order chi connectivity index (χ0) is 12.4. The van der Waals surface area contributed by atoms with E-state index < -0.39 is 17.6 Å². The highest BCUT2D eigenvalue weighted by molar-refractivity contribution is 5.84. The van der Waals surface area contributed by atoms with E-state index in [0.717, 1.165) is 16.9 Å². The molecule has 5 nitrogen and oxygen atoms in total. The number of nitrogens with zero attached hydrogens (tertiary/aromatic N) is 3. The van der Waals surface area contributed by atoms with Crippen LogP contribution in [0.1, 0.15) is 16.1 Å². The molecule has 1 aromatic carbocycles. The molecule has 0 bridgehead atoms. The number of hydrogen-bond donors (Lipinski definition) is 1.